The van der Waals surface area contributed by atoms with Gasteiger partial charge in [-0.05, 0) is 48.4 Å². The minimum atomic E-state index is 0.201. The zero-order chi connectivity index (χ0) is 20.9. The molecule has 4 heteroatoms. The summed E-state index contributed by atoms with van der Waals surface area (Å²) in [6.45, 7) is 2.03. The predicted octanol–water partition coefficient (Wildman–Crippen LogP) is 5.56. The number of rotatable bonds is 8. The van der Waals surface area contributed by atoms with Gasteiger partial charge in [-0.15, -0.1) is 0 Å². The van der Waals surface area contributed by atoms with Crippen LogP contribution in [0.2, 0.25) is 0 Å². The van der Waals surface area contributed by atoms with Gasteiger partial charge in [-0.3, -0.25) is 14.6 Å². The number of H-pyrrole nitrogens is 1. The first-order chi connectivity index (χ1) is 14.7. The van der Waals surface area contributed by atoms with Gasteiger partial charge in [-0.2, -0.15) is 0 Å². The lowest BCUT2D eigenvalue weighted by Crippen LogP contribution is -2.21. The van der Waals surface area contributed by atoms with E-state index in [-0.39, 0.29) is 11.7 Å². The number of aromatic amines is 1. The number of nitrogens with one attached hydrogen (secondary N) is 1. The van der Waals surface area contributed by atoms with Gasteiger partial charge in [0.25, 0.3) is 0 Å². The fraction of sp³-hybridized carbons (Fsp3) is 0.346. The number of hydrogen-bond donors (Lipinski definition) is 1. The van der Waals surface area contributed by atoms with E-state index in [0.29, 0.717) is 25.0 Å². The molecule has 2 heterocycles. The molecule has 0 fully saturated rings. The Kier molecular flexibility index (Phi) is 6.22. The maximum Gasteiger partial charge on any atom is 0.165 e. The minimum Gasteiger partial charge on any atom is -0.358 e. The number of benzene rings is 1. The van der Waals surface area contributed by atoms with Gasteiger partial charge >= 0.3 is 0 Å². The molecule has 1 N–H and O–H groups in total. The molecule has 1 aromatic carbocycles. The summed E-state index contributed by atoms with van der Waals surface area (Å²) in [6, 6.07) is 14.2. The molecular formula is C26H28N2O2. The molecule has 154 valence electrons. The van der Waals surface area contributed by atoms with E-state index in [1.807, 2.05) is 37.3 Å². The maximum atomic E-state index is 13.2. The summed E-state index contributed by atoms with van der Waals surface area (Å²) in [5.41, 5.74) is 6.22. The highest BCUT2D eigenvalue weighted by molar-refractivity contribution is 6.02. The molecule has 0 amide bonds. The van der Waals surface area contributed by atoms with Crippen LogP contribution in [0.15, 0.2) is 54.9 Å². The van der Waals surface area contributed by atoms with Crippen LogP contribution in [0.1, 0.15) is 66.2 Å². The van der Waals surface area contributed by atoms with E-state index in [2.05, 4.69) is 22.1 Å². The van der Waals surface area contributed by atoms with Crippen LogP contribution < -0.4 is 0 Å². The summed E-state index contributed by atoms with van der Waals surface area (Å²) in [6.07, 6.45) is 8.54. The van der Waals surface area contributed by atoms with Crippen LogP contribution in [0.3, 0.4) is 0 Å². The third-order valence-electron chi connectivity index (χ3n) is 5.98. The van der Waals surface area contributed by atoms with Crippen LogP contribution in [-0.4, -0.2) is 21.5 Å². The second-order valence-corrected chi connectivity index (χ2v) is 8.26. The monoisotopic (exact) mass is 400 g/mol. The van der Waals surface area contributed by atoms with Crippen molar-refractivity contribution in [2.45, 2.75) is 51.9 Å². The average Bonchev–Trinajstić information content (AvgIpc) is 3.12. The minimum absolute atomic E-state index is 0.201. The molecule has 0 spiro atoms. The molecule has 0 saturated carbocycles. The van der Waals surface area contributed by atoms with E-state index >= 15 is 0 Å². The van der Waals surface area contributed by atoms with Gasteiger partial charge in [0.05, 0.1) is 5.69 Å². The molecule has 1 aliphatic carbocycles. The fourth-order valence-electron chi connectivity index (χ4n) is 4.53. The Labute approximate surface area is 177 Å². The van der Waals surface area contributed by atoms with Gasteiger partial charge in [0, 0.05) is 54.9 Å². The van der Waals surface area contributed by atoms with E-state index in [4.69, 9.17) is 0 Å². The molecule has 3 aromatic rings. The quantitative estimate of drug-likeness (QED) is 0.538. The number of Topliss-reactive ketones (excluding diaryl/α,β-unsaturated/α-hetero) is 2. The Bertz CT molecular complexity index is 1020. The second-order valence-electron chi connectivity index (χ2n) is 8.26. The Morgan fingerprint density at radius 3 is 2.57 bits per heavy atom. The third kappa shape index (κ3) is 4.43. The molecule has 0 aliphatic heterocycles. The van der Waals surface area contributed by atoms with Crippen molar-refractivity contribution in [1.82, 2.24) is 9.97 Å². The van der Waals surface area contributed by atoms with Crippen LogP contribution in [-0.2, 0) is 17.6 Å². The van der Waals surface area contributed by atoms with Gasteiger partial charge in [-0.25, -0.2) is 0 Å². The average molecular weight is 401 g/mol. The van der Waals surface area contributed by atoms with Crippen molar-refractivity contribution in [2.75, 3.05) is 0 Å². The highest BCUT2D eigenvalue weighted by Crippen LogP contribution is 2.37. The summed E-state index contributed by atoms with van der Waals surface area (Å²) in [5.74, 6) is 0.746. The van der Waals surface area contributed by atoms with E-state index in [0.717, 1.165) is 53.8 Å². The number of nitrogens with zero attached hydrogens (tertiary/aromatic N) is 1. The fourth-order valence-corrected chi connectivity index (χ4v) is 4.53. The maximum absolute atomic E-state index is 13.2. The van der Waals surface area contributed by atoms with Crippen molar-refractivity contribution in [2.24, 2.45) is 5.92 Å². The molecule has 0 bridgehead atoms. The SMILES string of the molecule is CCCC(=O)CCC1CC(=O)c2c([nH]c(-c3ccncc3)c2Cc2ccccc2)C1. The first kappa shape index (κ1) is 20.3. The lowest BCUT2D eigenvalue weighted by atomic mass is 9.81. The molecule has 1 atom stereocenters. The number of hydrogen-bond acceptors (Lipinski definition) is 3. The summed E-state index contributed by atoms with van der Waals surface area (Å²) in [7, 11) is 0. The molecule has 0 saturated heterocycles. The number of aromatic nitrogens is 2. The Morgan fingerprint density at radius 2 is 1.83 bits per heavy atom. The zero-order valence-corrected chi connectivity index (χ0v) is 17.5. The van der Waals surface area contributed by atoms with E-state index < -0.39 is 0 Å². The van der Waals surface area contributed by atoms with Crippen molar-refractivity contribution in [3.8, 4) is 11.3 Å². The molecule has 1 aliphatic rings. The predicted molar refractivity (Wildman–Crippen MR) is 119 cm³/mol. The summed E-state index contributed by atoms with van der Waals surface area (Å²) in [5, 5.41) is 0. The van der Waals surface area contributed by atoms with Crippen molar-refractivity contribution in [1.29, 1.82) is 0 Å². The summed E-state index contributed by atoms with van der Waals surface area (Å²) >= 11 is 0. The van der Waals surface area contributed by atoms with Crippen molar-refractivity contribution in [3.63, 3.8) is 0 Å². The van der Waals surface area contributed by atoms with Crippen LogP contribution in [0.25, 0.3) is 11.3 Å². The first-order valence-electron chi connectivity index (χ1n) is 10.9. The molecular weight excluding hydrogens is 372 g/mol. The number of carbonyl (C=O) groups is 2. The molecule has 30 heavy (non-hydrogen) atoms. The van der Waals surface area contributed by atoms with Crippen LogP contribution in [0.5, 0.6) is 0 Å². The number of ketones is 2. The van der Waals surface area contributed by atoms with Gasteiger partial charge in [0.1, 0.15) is 5.78 Å². The van der Waals surface area contributed by atoms with Crippen molar-refractivity contribution < 1.29 is 9.59 Å². The normalized spacial score (nSPS) is 15.8. The van der Waals surface area contributed by atoms with Gasteiger partial charge in [0.15, 0.2) is 5.78 Å². The Hall–Kier alpha value is -3.01. The largest absolute Gasteiger partial charge is 0.358 e. The van der Waals surface area contributed by atoms with Gasteiger partial charge < -0.3 is 4.98 Å². The van der Waals surface area contributed by atoms with Crippen molar-refractivity contribution in [3.05, 3.63) is 77.2 Å². The van der Waals surface area contributed by atoms with E-state index in [1.165, 1.54) is 5.56 Å². The highest BCUT2D eigenvalue weighted by atomic mass is 16.1. The Balaban J connectivity index is 1.66. The van der Waals surface area contributed by atoms with Crippen molar-refractivity contribution >= 4 is 11.6 Å². The molecule has 4 nitrogen and oxygen atoms in total. The standard InChI is InChI=1S/C26H28N2O2/c1-2-6-21(29)10-9-19-16-23-25(24(30)17-19)22(15-18-7-4-3-5-8-18)26(28-23)20-11-13-27-14-12-20/h3-5,7-8,11-14,19,28H,2,6,9-10,15-17H2,1H3. The van der Waals surface area contributed by atoms with Gasteiger partial charge in [0.2, 0.25) is 0 Å². The smallest absolute Gasteiger partial charge is 0.165 e. The first-order valence-corrected chi connectivity index (χ1v) is 10.9. The van der Waals surface area contributed by atoms with Crippen LogP contribution >= 0.6 is 0 Å². The topological polar surface area (TPSA) is 62.8 Å². The zero-order valence-electron chi connectivity index (χ0n) is 17.5. The number of pyridine rings is 1. The third-order valence-corrected chi connectivity index (χ3v) is 5.98. The lowest BCUT2D eigenvalue weighted by molar-refractivity contribution is -0.119. The molecule has 0 radical (unpaired) electrons. The number of carbonyl (C=O) groups excluding carboxylic acids is 2. The summed E-state index contributed by atoms with van der Waals surface area (Å²) in [4.78, 5) is 32.9. The van der Waals surface area contributed by atoms with E-state index in [9.17, 15) is 9.59 Å². The highest BCUT2D eigenvalue weighted by Gasteiger charge is 2.31. The molecule has 4 rings (SSSR count). The summed E-state index contributed by atoms with van der Waals surface area (Å²) < 4.78 is 0. The lowest BCUT2D eigenvalue weighted by Gasteiger charge is -2.21. The molecule has 2 aromatic heterocycles. The second kappa shape index (κ2) is 9.21. The van der Waals surface area contributed by atoms with Crippen LogP contribution in [0.4, 0.5) is 0 Å². The number of fused-ring (bicyclic) bond motifs is 1. The molecule has 1 unspecified atom stereocenters. The van der Waals surface area contributed by atoms with Crippen LogP contribution in [0, 0.1) is 5.92 Å². The Morgan fingerprint density at radius 1 is 1.07 bits per heavy atom. The van der Waals surface area contributed by atoms with E-state index in [1.54, 1.807) is 12.4 Å². The van der Waals surface area contributed by atoms with Gasteiger partial charge in [-0.1, -0.05) is 37.3 Å².